The van der Waals surface area contributed by atoms with Crippen LogP contribution in [0.25, 0.3) is 0 Å². The third-order valence-corrected chi connectivity index (χ3v) is 4.75. The number of thioether (sulfide) groups is 1. The molecule has 0 aliphatic rings. The molecule has 0 aliphatic heterocycles. The Labute approximate surface area is 165 Å². The summed E-state index contributed by atoms with van der Waals surface area (Å²) in [5.74, 6) is 0.603. The van der Waals surface area contributed by atoms with Crippen molar-refractivity contribution in [1.82, 2.24) is 5.43 Å². The van der Waals surface area contributed by atoms with Crippen LogP contribution in [0.4, 0.5) is 0 Å². The second kappa shape index (κ2) is 10.2. The number of esters is 1. The number of ether oxygens (including phenoxy) is 1. The van der Waals surface area contributed by atoms with Crippen LogP contribution in [0.15, 0.2) is 47.6 Å². The molecule has 0 atom stereocenters. The van der Waals surface area contributed by atoms with Crippen molar-refractivity contribution in [1.29, 1.82) is 0 Å². The van der Waals surface area contributed by atoms with Gasteiger partial charge in [-0.15, -0.1) is 11.8 Å². The topological polar surface area (TPSA) is 67.8 Å². The molecule has 0 bridgehead atoms. The second-order valence-corrected chi connectivity index (χ2v) is 6.95. The summed E-state index contributed by atoms with van der Waals surface area (Å²) in [5, 5.41) is 5.06. The van der Waals surface area contributed by atoms with Crippen molar-refractivity contribution in [3.05, 3.63) is 63.6 Å². The number of carbonyl (C=O) groups is 2. The SMILES string of the molecule is CC(=O)Oc1ccc(/C=N\NC(=O)CSCc2c(Cl)cccc2Cl)cc1. The molecule has 0 radical (unpaired) electrons. The van der Waals surface area contributed by atoms with Gasteiger partial charge in [0, 0.05) is 22.7 Å². The number of carbonyl (C=O) groups excluding carboxylic acids is 2. The number of hydrogen-bond donors (Lipinski definition) is 1. The zero-order valence-corrected chi connectivity index (χ0v) is 16.2. The molecule has 0 spiro atoms. The van der Waals surface area contributed by atoms with Gasteiger partial charge in [-0.2, -0.15) is 5.10 Å². The first-order chi connectivity index (χ1) is 12.5. The highest BCUT2D eigenvalue weighted by molar-refractivity contribution is 7.99. The maximum absolute atomic E-state index is 11.8. The molecule has 0 fully saturated rings. The van der Waals surface area contributed by atoms with E-state index in [1.54, 1.807) is 42.5 Å². The predicted octanol–water partition coefficient (Wildman–Crippen LogP) is 4.30. The Kier molecular flexibility index (Phi) is 7.97. The van der Waals surface area contributed by atoms with E-state index in [-0.39, 0.29) is 17.6 Å². The Morgan fingerprint density at radius 3 is 2.42 bits per heavy atom. The highest BCUT2D eigenvalue weighted by atomic mass is 35.5. The third-order valence-electron chi connectivity index (χ3n) is 3.09. The summed E-state index contributed by atoms with van der Waals surface area (Å²) in [6, 6.07) is 12.0. The molecule has 0 saturated carbocycles. The summed E-state index contributed by atoms with van der Waals surface area (Å²) >= 11 is 13.6. The standard InChI is InChI=1S/C18H16Cl2N2O3S/c1-12(23)25-14-7-5-13(6-8-14)9-21-22-18(24)11-26-10-15-16(19)3-2-4-17(15)20/h2-9H,10-11H2,1H3,(H,22,24)/b21-9-. The van der Waals surface area contributed by atoms with Gasteiger partial charge in [0.05, 0.1) is 12.0 Å². The van der Waals surface area contributed by atoms with E-state index in [4.69, 9.17) is 27.9 Å². The zero-order valence-electron chi connectivity index (χ0n) is 13.9. The Morgan fingerprint density at radius 1 is 1.15 bits per heavy atom. The minimum atomic E-state index is -0.380. The molecule has 5 nitrogen and oxygen atoms in total. The van der Waals surface area contributed by atoms with Crippen LogP contribution < -0.4 is 10.2 Å². The van der Waals surface area contributed by atoms with E-state index in [0.717, 1.165) is 11.1 Å². The Morgan fingerprint density at radius 2 is 1.81 bits per heavy atom. The molecular formula is C18H16Cl2N2O3S. The van der Waals surface area contributed by atoms with E-state index in [9.17, 15) is 9.59 Å². The maximum Gasteiger partial charge on any atom is 0.308 e. The van der Waals surface area contributed by atoms with Gasteiger partial charge in [0.25, 0.3) is 0 Å². The quantitative estimate of drug-likeness (QED) is 0.319. The normalized spacial score (nSPS) is 10.7. The van der Waals surface area contributed by atoms with Crippen molar-refractivity contribution in [2.45, 2.75) is 12.7 Å². The maximum atomic E-state index is 11.8. The number of benzene rings is 2. The van der Waals surface area contributed by atoms with Crippen molar-refractivity contribution < 1.29 is 14.3 Å². The van der Waals surface area contributed by atoms with E-state index in [1.807, 2.05) is 0 Å². The molecule has 136 valence electrons. The summed E-state index contributed by atoms with van der Waals surface area (Å²) in [6.45, 7) is 1.34. The molecule has 0 aromatic heterocycles. The molecule has 0 heterocycles. The van der Waals surface area contributed by atoms with Crippen LogP contribution in [0, 0.1) is 0 Å². The first kappa shape index (κ1) is 20.3. The van der Waals surface area contributed by atoms with Crippen LogP contribution in [-0.2, 0) is 15.3 Å². The van der Waals surface area contributed by atoms with Gasteiger partial charge in [0.2, 0.25) is 5.91 Å². The lowest BCUT2D eigenvalue weighted by Gasteiger charge is -2.06. The van der Waals surface area contributed by atoms with Crippen LogP contribution in [0.1, 0.15) is 18.1 Å². The van der Waals surface area contributed by atoms with Gasteiger partial charge in [-0.05, 0) is 47.5 Å². The minimum Gasteiger partial charge on any atom is -0.427 e. The summed E-state index contributed by atoms with van der Waals surface area (Å²) in [7, 11) is 0. The Bertz CT molecular complexity index is 790. The molecule has 2 aromatic rings. The van der Waals surface area contributed by atoms with Gasteiger partial charge in [0.1, 0.15) is 5.75 Å². The summed E-state index contributed by atoms with van der Waals surface area (Å²) in [4.78, 5) is 22.6. The fraction of sp³-hybridized carbons (Fsp3) is 0.167. The fourth-order valence-corrected chi connectivity index (χ4v) is 3.47. The molecule has 1 amide bonds. The summed E-state index contributed by atoms with van der Waals surface area (Å²) < 4.78 is 4.93. The fourth-order valence-electron chi connectivity index (χ4n) is 1.91. The number of rotatable bonds is 7. The van der Waals surface area contributed by atoms with Crippen LogP contribution in [-0.4, -0.2) is 23.8 Å². The molecule has 0 unspecified atom stereocenters. The van der Waals surface area contributed by atoms with Crippen molar-refractivity contribution in [3.8, 4) is 5.75 Å². The zero-order chi connectivity index (χ0) is 18.9. The first-order valence-electron chi connectivity index (χ1n) is 7.56. The Hall–Kier alpha value is -2.02. The highest BCUT2D eigenvalue weighted by Crippen LogP contribution is 2.28. The number of amides is 1. The second-order valence-electron chi connectivity index (χ2n) is 5.15. The van der Waals surface area contributed by atoms with Crippen LogP contribution in [0.5, 0.6) is 5.75 Å². The summed E-state index contributed by atoms with van der Waals surface area (Å²) in [6.07, 6.45) is 1.51. The highest BCUT2D eigenvalue weighted by Gasteiger charge is 2.07. The van der Waals surface area contributed by atoms with Gasteiger partial charge in [-0.3, -0.25) is 9.59 Å². The number of nitrogens with zero attached hydrogens (tertiary/aromatic N) is 1. The molecule has 8 heteroatoms. The molecule has 2 aromatic carbocycles. The van der Waals surface area contributed by atoms with Crippen LogP contribution in [0.3, 0.4) is 0 Å². The van der Waals surface area contributed by atoms with Crippen molar-refractivity contribution in [3.63, 3.8) is 0 Å². The van der Waals surface area contributed by atoms with E-state index in [0.29, 0.717) is 21.5 Å². The molecule has 26 heavy (non-hydrogen) atoms. The average Bonchev–Trinajstić information content (AvgIpc) is 2.58. The number of hydrazone groups is 1. The number of nitrogens with one attached hydrogen (secondary N) is 1. The lowest BCUT2D eigenvalue weighted by atomic mass is 10.2. The molecule has 1 N–H and O–H groups in total. The Balaban J connectivity index is 1.76. The van der Waals surface area contributed by atoms with E-state index < -0.39 is 0 Å². The lowest BCUT2D eigenvalue weighted by Crippen LogP contribution is -2.19. The van der Waals surface area contributed by atoms with E-state index >= 15 is 0 Å². The number of halogens is 2. The minimum absolute atomic E-state index is 0.226. The summed E-state index contributed by atoms with van der Waals surface area (Å²) in [5.41, 5.74) is 4.02. The number of hydrogen-bond acceptors (Lipinski definition) is 5. The van der Waals surface area contributed by atoms with Gasteiger partial charge in [-0.25, -0.2) is 5.43 Å². The van der Waals surface area contributed by atoms with Gasteiger partial charge < -0.3 is 4.74 Å². The third kappa shape index (κ3) is 6.71. The van der Waals surface area contributed by atoms with Gasteiger partial charge >= 0.3 is 5.97 Å². The smallest absolute Gasteiger partial charge is 0.308 e. The van der Waals surface area contributed by atoms with Crippen molar-refractivity contribution in [2.24, 2.45) is 5.10 Å². The van der Waals surface area contributed by atoms with Crippen LogP contribution >= 0.6 is 35.0 Å². The molecular weight excluding hydrogens is 395 g/mol. The molecule has 2 rings (SSSR count). The van der Waals surface area contributed by atoms with E-state index in [1.165, 1.54) is 24.9 Å². The lowest BCUT2D eigenvalue weighted by molar-refractivity contribution is -0.131. The van der Waals surface area contributed by atoms with Crippen LogP contribution in [0.2, 0.25) is 10.0 Å². The van der Waals surface area contributed by atoms with Gasteiger partial charge in [-0.1, -0.05) is 29.3 Å². The van der Waals surface area contributed by atoms with E-state index in [2.05, 4.69) is 10.5 Å². The molecule has 0 saturated heterocycles. The monoisotopic (exact) mass is 410 g/mol. The largest absolute Gasteiger partial charge is 0.427 e. The molecule has 0 aliphatic carbocycles. The van der Waals surface area contributed by atoms with Gasteiger partial charge in [0.15, 0.2) is 0 Å². The van der Waals surface area contributed by atoms with Crippen molar-refractivity contribution in [2.75, 3.05) is 5.75 Å². The predicted molar refractivity (Wildman–Crippen MR) is 106 cm³/mol. The van der Waals surface area contributed by atoms with Crippen molar-refractivity contribution >= 4 is 53.1 Å². The average molecular weight is 411 g/mol. The first-order valence-corrected chi connectivity index (χ1v) is 9.48.